The number of ether oxygens (including phenoxy) is 1. The third-order valence-electron chi connectivity index (χ3n) is 4.54. The van der Waals surface area contributed by atoms with Crippen molar-refractivity contribution in [2.24, 2.45) is 5.73 Å². The Kier molecular flexibility index (Phi) is 15.8. The lowest BCUT2D eigenvalue weighted by Crippen LogP contribution is -2.27. The van der Waals surface area contributed by atoms with Gasteiger partial charge in [0.1, 0.15) is 0 Å². The minimum Gasteiger partial charge on any atom is -0.381 e. The number of carbonyl (C=O) groups excluding carboxylic acids is 2. The van der Waals surface area contributed by atoms with Gasteiger partial charge in [0.15, 0.2) is 0 Å². The van der Waals surface area contributed by atoms with E-state index in [1.165, 1.54) is 24.0 Å². The van der Waals surface area contributed by atoms with E-state index in [1.54, 1.807) is 0 Å². The van der Waals surface area contributed by atoms with Gasteiger partial charge in [0.05, 0.1) is 0 Å². The molecular formula is C29H37N3O3. The second-order valence-corrected chi connectivity index (χ2v) is 7.85. The predicted octanol–water partition coefficient (Wildman–Crippen LogP) is 3.09. The molecule has 4 N–H and O–H groups in total. The lowest BCUT2D eigenvalue weighted by atomic mass is 10.1. The highest BCUT2D eigenvalue weighted by molar-refractivity contribution is 5.94. The summed E-state index contributed by atoms with van der Waals surface area (Å²) in [7, 11) is 0. The Balaban J connectivity index is 0.000000292. The highest BCUT2D eigenvalue weighted by Gasteiger charge is 1.95. The van der Waals surface area contributed by atoms with Crippen LogP contribution in [0.2, 0.25) is 0 Å². The predicted molar refractivity (Wildman–Crippen MR) is 142 cm³/mol. The Labute approximate surface area is 210 Å². The van der Waals surface area contributed by atoms with E-state index >= 15 is 0 Å². The molecule has 1 heterocycles. The van der Waals surface area contributed by atoms with E-state index in [9.17, 15) is 9.59 Å². The summed E-state index contributed by atoms with van der Waals surface area (Å²) in [6.45, 7) is 9.60. The van der Waals surface area contributed by atoms with Crippen LogP contribution in [0.15, 0.2) is 48.5 Å². The zero-order valence-corrected chi connectivity index (χ0v) is 21.1. The van der Waals surface area contributed by atoms with Gasteiger partial charge in [0, 0.05) is 55.8 Å². The van der Waals surface area contributed by atoms with Gasteiger partial charge in [-0.05, 0) is 57.4 Å². The Bertz CT molecular complexity index is 917. The molecular weight excluding hydrogens is 438 g/mol. The number of hydrogen-bond donors (Lipinski definition) is 3. The molecule has 2 aromatic carbocycles. The highest BCUT2D eigenvalue weighted by Crippen LogP contribution is 2.01. The molecule has 2 amide bonds. The molecule has 0 radical (unpaired) electrons. The van der Waals surface area contributed by atoms with Crippen molar-refractivity contribution in [3.8, 4) is 23.7 Å². The van der Waals surface area contributed by atoms with Crippen LogP contribution in [0.25, 0.3) is 0 Å². The molecule has 0 saturated carbocycles. The maximum absolute atomic E-state index is 11.2. The van der Waals surface area contributed by atoms with Gasteiger partial charge in [-0.2, -0.15) is 0 Å². The van der Waals surface area contributed by atoms with E-state index in [4.69, 9.17) is 10.5 Å². The smallest absolute Gasteiger partial charge is 0.296 e. The summed E-state index contributed by atoms with van der Waals surface area (Å²) in [6.07, 6.45) is 3.48. The average Bonchev–Trinajstić information content (AvgIpc) is 3.46. The van der Waals surface area contributed by atoms with Gasteiger partial charge in [0.25, 0.3) is 11.8 Å². The summed E-state index contributed by atoms with van der Waals surface area (Å²) >= 11 is 0. The lowest BCUT2D eigenvalue weighted by molar-refractivity contribution is -0.116. The van der Waals surface area contributed by atoms with Crippen LogP contribution < -0.4 is 16.4 Å². The number of benzene rings is 2. The molecule has 0 aliphatic carbocycles. The number of nitrogens with two attached hydrogens (primary N) is 1. The van der Waals surface area contributed by atoms with Crippen molar-refractivity contribution in [2.75, 3.05) is 32.8 Å². The molecule has 1 saturated heterocycles. The third-order valence-corrected chi connectivity index (χ3v) is 4.54. The van der Waals surface area contributed by atoms with Crippen molar-refractivity contribution in [3.63, 3.8) is 0 Å². The van der Waals surface area contributed by atoms with E-state index in [1.807, 2.05) is 69.3 Å². The van der Waals surface area contributed by atoms with Crippen LogP contribution in [0, 0.1) is 37.5 Å². The fourth-order valence-corrected chi connectivity index (χ4v) is 2.55. The van der Waals surface area contributed by atoms with Crippen molar-refractivity contribution >= 4 is 11.8 Å². The van der Waals surface area contributed by atoms with Gasteiger partial charge in [-0.25, -0.2) is 0 Å². The van der Waals surface area contributed by atoms with Gasteiger partial charge in [-0.3, -0.25) is 9.59 Å². The van der Waals surface area contributed by atoms with Crippen molar-refractivity contribution < 1.29 is 14.3 Å². The van der Waals surface area contributed by atoms with E-state index in [0.29, 0.717) is 19.6 Å². The average molecular weight is 476 g/mol. The van der Waals surface area contributed by atoms with Gasteiger partial charge in [0.2, 0.25) is 0 Å². The van der Waals surface area contributed by atoms with Crippen molar-refractivity contribution in [1.29, 1.82) is 0 Å². The molecule has 0 unspecified atom stereocenters. The summed E-state index contributed by atoms with van der Waals surface area (Å²) in [5.74, 6) is 10.1. The number of amides is 2. The van der Waals surface area contributed by atoms with Gasteiger partial charge >= 0.3 is 0 Å². The number of carbonyl (C=O) groups is 2. The first-order valence-electron chi connectivity index (χ1n) is 12.0. The number of aryl methyl sites for hydroxylation is 2. The van der Waals surface area contributed by atoms with Crippen LogP contribution in [0.1, 0.15) is 48.4 Å². The van der Waals surface area contributed by atoms with Crippen LogP contribution in [0.3, 0.4) is 0 Å². The quantitative estimate of drug-likeness (QED) is 0.593. The zero-order valence-electron chi connectivity index (χ0n) is 21.1. The Morgan fingerprint density at radius 1 is 0.800 bits per heavy atom. The second kappa shape index (κ2) is 18.8. The normalized spacial score (nSPS) is 11.1. The highest BCUT2D eigenvalue weighted by atomic mass is 16.5. The summed E-state index contributed by atoms with van der Waals surface area (Å²) in [5.41, 5.74) is 9.31. The molecule has 1 aliphatic heterocycles. The van der Waals surface area contributed by atoms with Gasteiger partial charge < -0.3 is 21.1 Å². The van der Waals surface area contributed by atoms with Gasteiger partial charge in [-0.1, -0.05) is 54.2 Å². The molecule has 0 bridgehead atoms. The standard InChI is InChI=1S/C13H15NO.C12H14N2O.C4H8O/c1-3-10-14-13(15)9-8-12-6-4-11(2)5-7-12;1-10-2-4-11(5-3-10)6-7-12(15)14-9-8-13;1-2-4-5-3-1/h4-7H,3,10H2,1-2H3,(H,14,15);2-5H,8-9,13H2,1H3,(H,14,15);1-4H2. The van der Waals surface area contributed by atoms with Crippen LogP contribution in [-0.4, -0.2) is 44.7 Å². The Morgan fingerprint density at radius 3 is 1.57 bits per heavy atom. The molecule has 2 aromatic rings. The van der Waals surface area contributed by atoms with Crippen LogP contribution in [-0.2, 0) is 14.3 Å². The van der Waals surface area contributed by atoms with Crippen LogP contribution >= 0.6 is 0 Å². The fraction of sp³-hybridized carbons (Fsp3) is 0.379. The Morgan fingerprint density at radius 2 is 1.23 bits per heavy atom. The molecule has 35 heavy (non-hydrogen) atoms. The maximum Gasteiger partial charge on any atom is 0.296 e. The van der Waals surface area contributed by atoms with E-state index in [-0.39, 0.29) is 11.8 Å². The molecule has 3 rings (SSSR count). The van der Waals surface area contributed by atoms with Crippen molar-refractivity contribution in [2.45, 2.75) is 40.0 Å². The maximum atomic E-state index is 11.2. The molecule has 6 nitrogen and oxygen atoms in total. The van der Waals surface area contributed by atoms with Crippen LogP contribution in [0.4, 0.5) is 0 Å². The SMILES string of the molecule is C1CCOC1.CCCNC(=O)C#Cc1ccc(C)cc1.Cc1ccc(C#CC(=O)NCCN)cc1. The topological polar surface area (TPSA) is 93.4 Å². The number of nitrogens with one attached hydrogen (secondary N) is 2. The number of rotatable bonds is 4. The molecule has 186 valence electrons. The zero-order chi connectivity index (χ0) is 25.7. The fourth-order valence-electron chi connectivity index (χ4n) is 2.55. The second-order valence-electron chi connectivity index (χ2n) is 7.85. The minimum absolute atomic E-state index is 0.211. The molecule has 0 spiro atoms. The summed E-state index contributed by atoms with van der Waals surface area (Å²) in [5, 5.41) is 5.28. The van der Waals surface area contributed by atoms with Crippen molar-refractivity contribution in [3.05, 3.63) is 70.8 Å². The largest absolute Gasteiger partial charge is 0.381 e. The van der Waals surface area contributed by atoms with Crippen molar-refractivity contribution in [1.82, 2.24) is 10.6 Å². The minimum atomic E-state index is -0.291. The first-order valence-corrected chi connectivity index (χ1v) is 12.0. The van der Waals surface area contributed by atoms with E-state index in [2.05, 4.69) is 34.3 Å². The van der Waals surface area contributed by atoms with E-state index < -0.39 is 0 Å². The molecule has 1 aliphatic rings. The van der Waals surface area contributed by atoms with Gasteiger partial charge in [-0.15, -0.1) is 0 Å². The molecule has 6 heteroatoms. The molecule has 0 atom stereocenters. The first kappa shape index (κ1) is 29.5. The summed E-state index contributed by atoms with van der Waals surface area (Å²) in [6, 6.07) is 15.5. The monoisotopic (exact) mass is 475 g/mol. The number of hydrogen-bond acceptors (Lipinski definition) is 4. The lowest BCUT2D eigenvalue weighted by Gasteiger charge is -1.95. The Hall–Kier alpha value is -3.58. The summed E-state index contributed by atoms with van der Waals surface area (Å²) < 4.78 is 4.94. The molecule has 1 fully saturated rings. The summed E-state index contributed by atoms with van der Waals surface area (Å²) in [4.78, 5) is 22.3. The first-order chi connectivity index (χ1) is 16.9. The van der Waals surface area contributed by atoms with Crippen LogP contribution in [0.5, 0.6) is 0 Å². The molecule has 0 aromatic heterocycles. The van der Waals surface area contributed by atoms with E-state index in [0.717, 1.165) is 30.8 Å². The third kappa shape index (κ3) is 15.8.